The molecule has 1 amide bonds. The molecule has 1 N–H and O–H groups in total. The minimum atomic E-state index is -0.257. The molecule has 0 saturated heterocycles. The third-order valence-electron chi connectivity index (χ3n) is 4.45. The van der Waals surface area contributed by atoms with Gasteiger partial charge in [0.15, 0.2) is 11.5 Å². The van der Waals surface area contributed by atoms with Crippen LogP contribution in [0.4, 0.5) is 5.69 Å². The summed E-state index contributed by atoms with van der Waals surface area (Å²) in [4.78, 5) is 12.6. The van der Waals surface area contributed by atoms with Crippen LogP contribution in [0.5, 0.6) is 17.2 Å². The fourth-order valence-corrected chi connectivity index (χ4v) is 3.87. The molecule has 0 bridgehead atoms. The SMILES string of the molecule is COc1ccc(C)cc1-n1nnnc1SCC(=O)Nc1cc2c(cc1Cl)OCCCO2. The molecule has 1 aliphatic heterocycles. The van der Waals surface area contributed by atoms with Gasteiger partial charge in [-0.1, -0.05) is 29.4 Å². The van der Waals surface area contributed by atoms with Crippen molar-refractivity contribution < 1.29 is 19.0 Å². The molecule has 1 aromatic heterocycles. The smallest absolute Gasteiger partial charge is 0.234 e. The molecular formula is C20H20ClN5O4S. The summed E-state index contributed by atoms with van der Waals surface area (Å²) >= 11 is 7.50. The third-order valence-corrected chi connectivity index (χ3v) is 5.68. The molecule has 0 saturated carbocycles. The summed E-state index contributed by atoms with van der Waals surface area (Å²) < 4.78 is 18.2. The molecule has 9 nitrogen and oxygen atoms in total. The van der Waals surface area contributed by atoms with Gasteiger partial charge >= 0.3 is 0 Å². The Morgan fingerprint density at radius 3 is 2.81 bits per heavy atom. The normalized spacial score (nSPS) is 12.9. The van der Waals surface area contributed by atoms with E-state index in [0.29, 0.717) is 52.0 Å². The first-order valence-corrected chi connectivity index (χ1v) is 10.9. The van der Waals surface area contributed by atoms with Crippen LogP contribution in [-0.4, -0.2) is 52.2 Å². The van der Waals surface area contributed by atoms with Gasteiger partial charge in [-0.15, -0.1) is 5.10 Å². The van der Waals surface area contributed by atoms with Gasteiger partial charge in [0, 0.05) is 18.6 Å². The van der Waals surface area contributed by atoms with Crippen molar-refractivity contribution in [3.63, 3.8) is 0 Å². The van der Waals surface area contributed by atoms with Gasteiger partial charge in [-0.25, -0.2) is 0 Å². The molecule has 0 atom stereocenters. The van der Waals surface area contributed by atoms with Crippen LogP contribution >= 0.6 is 23.4 Å². The summed E-state index contributed by atoms with van der Waals surface area (Å²) in [6, 6.07) is 9.02. The summed E-state index contributed by atoms with van der Waals surface area (Å²) in [5, 5.41) is 15.4. The number of nitrogens with zero attached hydrogens (tertiary/aromatic N) is 4. The van der Waals surface area contributed by atoms with Gasteiger partial charge in [-0.3, -0.25) is 4.79 Å². The first kappa shape index (κ1) is 21.3. The number of benzene rings is 2. The molecular weight excluding hydrogens is 442 g/mol. The van der Waals surface area contributed by atoms with Crippen LogP contribution < -0.4 is 19.5 Å². The van der Waals surface area contributed by atoms with Crippen LogP contribution in [0.15, 0.2) is 35.5 Å². The molecule has 0 spiro atoms. The number of ether oxygens (including phenoxy) is 3. The van der Waals surface area contributed by atoms with Crippen molar-refractivity contribution in [2.24, 2.45) is 0 Å². The van der Waals surface area contributed by atoms with Crippen molar-refractivity contribution >= 4 is 35.0 Å². The maximum atomic E-state index is 12.6. The first-order valence-electron chi connectivity index (χ1n) is 9.50. The molecule has 31 heavy (non-hydrogen) atoms. The van der Waals surface area contributed by atoms with Crippen molar-refractivity contribution in [2.75, 3.05) is 31.4 Å². The summed E-state index contributed by atoms with van der Waals surface area (Å²) in [5.74, 6) is 1.58. The molecule has 2 heterocycles. The van der Waals surface area contributed by atoms with Crippen molar-refractivity contribution in [1.29, 1.82) is 0 Å². The van der Waals surface area contributed by atoms with Gasteiger partial charge < -0.3 is 19.5 Å². The topological polar surface area (TPSA) is 100 Å². The van der Waals surface area contributed by atoms with Gasteiger partial charge in [0.05, 0.1) is 36.8 Å². The molecule has 0 radical (unpaired) electrons. The number of carbonyl (C=O) groups excluding carboxylic acids is 1. The molecule has 0 fully saturated rings. The minimum Gasteiger partial charge on any atom is -0.494 e. The number of aryl methyl sites for hydroxylation is 1. The van der Waals surface area contributed by atoms with E-state index < -0.39 is 0 Å². The number of methoxy groups -OCH3 is 1. The summed E-state index contributed by atoms with van der Waals surface area (Å²) in [6.07, 6.45) is 0.783. The van der Waals surface area contributed by atoms with Crippen LogP contribution in [0.2, 0.25) is 5.02 Å². The monoisotopic (exact) mass is 461 g/mol. The Kier molecular flexibility index (Phi) is 6.47. The fourth-order valence-electron chi connectivity index (χ4n) is 2.98. The Balaban J connectivity index is 1.46. The number of nitrogens with one attached hydrogen (secondary N) is 1. The van der Waals surface area contributed by atoms with Gasteiger partial charge in [-0.05, 0) is 35.0 Å². The number of hydrogen-bond acceptors (Lipinski definition) is 8. The van der Waals surface area contributed by atoms with Crippen LogP contribution in [0.3, 0.4) is 0 Å². The van der Waals surface area contributed by atoms with E-state index in [1.807, 2.05) is 25.1 Å². The lowest BCUT2D eigenvalue weighted by molar-refractivity contribution is -0.113. The molecule has 4 rings (SSSR count). The number of thioether (sulfide) groups is 1. The Labute approximate surface area is 188 Å². The van der Waals surface area contributed by atoms with E-state index in [0.717, 1.165) is 12.0 Å². The van der Waals surface area contributed by atoms with E-state index in [2.05, 4.69) is 20.8 Å². The standard InChI is InChI=1S/C20H20ClN5O4S/c1-12-4-5-16(28-2)15(8-12)26-20(23-24-25-26)31-11-19(27)22-14-10-18-17(9-13(14)21)29-6-3-7-30-18/h4-5,8-10H,3,6-7,11H2,1-2H3,(H,22,27). The number of hydrogen-bond donors (Lipinski definition) is 1. The molecule has 0 aliphatic carbocycles. The van der Waals surface area contributed by atoms with Crippen molar-refractivity contribution in [1.82, 2.24) is 20.2 Å². The number of tetrazole rings is 1. The number of fused-ring (bicyclic) bond motifs is 1. The highest BCUT2D eigenvalue weighted by atomic mass is 35.5. The van der Waals surface area contributed by atoms with E-state index in [4.69, 9.17) is 25.8 Å². The lowest BCUT2D eigenvalue weighted by Crippen LogP contribution is -2.15. The van der Waals surface area contributed by atoms with Gasteiger partial charge in [0.25, 0.3) is 0 Å². The quantitative estimate of drug-likeness (QED) is 0.556. The van der Waals surface area contributed by atoms with Gasteiger partial charge in [-0.2, -0.15) is 4.68 Å². The summed E-state index contributed by atoms with van der Waals surface area (Å²) in [6.45, 7) is 3.07. The molecule has 3 aromatic rings. The zero-order valence-electron chi connectivity index (χ0n) is 16.9. The van der Waals surface area contributed by atoms with Crippen molar-refractivity contribution in [3.8, 4) is 22.9 Å². The van der Waals surface area contributed by atoms with Gasteiger partial charge in [0.1, 0.15) is 11.4 Å². The van der Waals surface area contributed by atoms with Crippen LogP contribution in [0.25, 0.3) is 5.69 Å². The van der Waals surface area contributed by atoms with Crippen molar-refractivity contribution in [2.45, 2.75) is 18.5 Å². The minimum absolute atomic E-state index is 0.0826. The zero-order valence-corrected chi connectivity index (χ0v) is 18.5. The molecule has 0 unspecified atom stereocenters. The number of aromatic nitrogens is 4. The second kappa shape index (κ2) is 9.44. The Morgan fingerprint density at radius 1 is 1.26 bits per heavy atom. The highest BCUT2D eigenvalue weighted by molar-refractivity contribution is 7.99. The summed E-state index contributed by atoms with van der Waals surface area (Å²) in [5.41, 5.74) is 2.18. The lowest BCUT2D eigenvalue weighted by Gasteiger charge is -2.12. The molecule has 11 heteroatoms. The lowest BCUT2D eigenvalue weighted by atomic mass is 10.2. The average molecular weight is 462 g/mol. The highest BCUT2D eigenvalue weighted by Crippen LogP contribution is 2.37. The Morgan fingerprint density at radius 2 is 2.03 bits per heavy atom. The Hall–Kier alpha value is -2.98. The maximum Gasteiger partial charge on any atom is 0.234 e. The van der Waals surface area contributed by atoms with Crippen molar-refractivity contribution in [3.05, 3.63) is 40.9 Å². The number of anilines is 1. The predicted octanol–water partition coefficient (Wildman–Crippen LogP) is 3.52. The largest absolute Gasteiger partial charge is 0.494 e. The van der Waals surface area contributed by atoms with E-state index >= 15 is 0 Å². The van der Waals surface area contributed by atoms with Gasteiger partial charge in [0.2, 0.25) is 11.1 Å². The second-order valence-corrected chi connectivity index (χ2v) is 8.06. The highest BCUT2D eigenvalue weighted by Gasteiger charge is 2.18. The Bertz CT molecular complexity index is 1110. The fraction of sp³-hybridized carbons (Fsp3) is 0.300. The summed E-state index contributed by atoms with van der Waals surface area (Å²) in [7, 11) is 1.58. The second-order valence-electron chi connectivity index (χ2n) is 6.71. The number of rotatable bonds is 6. The van der Waals surface area contributed by atoms with E-state index in [-0.39, 0.29) is 11.7 Å². The number of amides is 1. The van der Waals surface area contributed by atoms with E-state index in [1.165, 1.54) is 11.8 Å². The zero-order chi connectivity index (χ0) is 21.8. The molecule has 2 aromatic carbocycles. The van der Waals surface area contributed by atoms with Crippen LogP contribution in [0.1, 0.15) is 12.0 Å². The van der Waals surface area contributed by atoms with Crippen LogP contribution in [0, 0.1) is 6.92 Å². The predicted molar refractivity (Wildman–Crippen MR) is 117 cm³/mol. The number of carbonyl (C=O) groups is 1. The molecule has 1 aliphatic rings. The average Bonchev–Trinajstić information content (AvgIpc) is 3.11. The molecule has 162 valence electrons. The third kappa shape index (κ3) is 4.86. The van der Waals surface area contributed by atoms with E-state index in [9.17, 15) is 4.79 Å². The van der Waals surface area contributed by atoms with Crippen LogP contribution in [-0.2, 0) is 4.79 Å². The first-order chi connectivity index (χ1) is 15.0. The number of halogens is 1. The maximum absolute atomic E-state index is 12.6. The van der Waals surface area contributed by atoms with E-state index in [1.54, 1.807) is 23.9 Å².